The number of benzene rings is 2. The molecular formula is C17H16O3. The smallest absolute Gasteiger partial charge is 0.165 e. The Morgan fingerprint density at radius 1 is 0.950 bits per heavy atom. The molecule has 0 aromatic heterocycles. The highest BCUT2D eigenvalue weighted by molar-refractivity contribution is 5.98. The molecular weight excluding hydrogens is 252 g/mol. The van der Waals surface area contributed by atoms with Crippen LogP contribution < -0.4 is 0 Å². The molecule has 0 saturated heterocycles. The first-order valence-electron chi connectivity index (χ1n) is 6.45. The Morgan fingerprint density at radius 2 is 1.50 bits per heavy atom. The molecule has 0 amide bonds. The van der Waals surface area contributed by atoms with Crippen LogP contribution in [-0.4, -0.2) is 16.7 Å². The summed E-state index contributed by atoms with van der Waals surface area (Å²) in [5, 5.41) is 10.0. The van der Waals surface area contributed by atoms with Crippen LogP contribution in [0.25, 0.3) is 0 Å². The van der Waals surface area contributed by atoms with Crippen molar-refractivity contribution in [2.24, 2.45) is 0 Å². The number of rotatable bonds is 5. The second-order valence-electron chi connectivity index (χ2n) is 4.69. The minimum absolute atomic E-state index is 0.0312. The van der Waals surface area contributed by atoms with Crippen LogP contribution >= 0.6 is 0 Å². The summed E-state index contributed by atoms with van der Waals surface area (Å²) in [4.78, 5) is 23.2. The summed E-state index contributed by atoms with van der Waals surface area (Å²) in [6.07, 6.45) is -0.778. The van der Waals surface area contributed by atoms with Gasteiger partial charge in [-0.1, -0.05) is 54.6 Å². The van der Waals surface area contributed by atoms with Crippen LogP contribution in [0.15, 0.2) is 54.6 Å². The number of carbonyl (C=O) groups is 2. The molecule has 0 saturated carbocycles. The first-order valence-corrected chi connectivity index (χ1v) is 6.45. The van der Waals surface area contributed by atoms with Crippen LogP contribution in [0, 0.1) is 0 Å². The van der Waals surface area contributed by atoms with E-state index in [-0.39, 0.29) is 18.0 Å². The molecule has 1 N–H and O–H groups in total. The fourth-order valence-corrected chi connectivity index (χ4v) is 1.98. The topological polar surface area (TPSA) is 54.4 Å². The molecule has 3 heteroatoms. The maximum Gasteiger partial charge on any atom is 0.165 e. The Balaban J connectivity index is 2.06. The summed E-state index contributed by atoms with van der Waals surface area (Å²) in [7, 11) is 0. The highest BCUT2D eigenvalue weighted by atomic mass is 16.3. The molecule has 0 aliphatic rings. The van der Waals surface area contributed by atoms with E-state index >= 15 is 0 Å². The minimum atomic E-state index is -0.809. The van der Waals surface area contributed by atoms with Gasteiger partial charge in [0, 0.05) is 17.5 Å². The maximum atomic E-state index is 12.1. The SMILES string of the molecule is CC(=O)c1ccc(C(=O)C[C@@H](O)c2ccccc2)cc1. The van der Waals surface area contributed by atoms with Gasteiger partial charge in [-0.2, -0.15) is 0 Å². The third-order valence-electron chi connectivity index (χ3n) is 3.18. The Bertz CT molecular complexity index is 600. The Labute approximate surface area is 117 Å². The fourth-order valence-electron chi connectivity index (χ4n) is 1.98. The van der Waals surface area contributed by atoms with E-state index in [0.29, 0.717) is 11.1 Å². The summed E-state index contributed by atoms with van der Waals surface area (Å²) in [5.41, 5.74) is 1.80. The van der Waals surface area contributed by atoms with Gasteiger partial charge < -0.3 is 5.11 Å². The van der Waals surface area contributed by atoms with E-state index in [0.717, 1.165) is 5.56 Å². The van der Waals surface area contributed by atoms with Crippen molar-refractivity contribution in [2.75, 3.05) is 0 Å². The van der Waals surface area contributed by atoms with Crippen LogP contribution in [0.1, 0.15) is 45.7 Å². The van der Waals surface area contributed by atoms with Crippen molar-refractivity contribution >= 4 is 11.6 Å². The van der Waals surface area contributed by atoms with E-state index < -0.39 is 6.10 Å². The summed E-state index contributed by atoms with van der Waals surface area (Å²) in [5.74, 6) is -0.176. The molecule has 0 heterocycles. The van der Waals surface area contributed by atoms with Gasteiger partial charge >= 0.3 is 0 Å². The van der Waals surface area contributed by atoms with Gasteiger partial charge in [-0.25, -0.2) is 0 Å². The van der Waals surface area contributed by atoms with Crippen molar-refractivity contribution in [3.8, 4) is 0 Å². The highest BCUT2D eigenvalue weighted by Gasteiger charge is 2.14. The molecule has 0 radical (unpaired) electrons. The third kappa shape index (κ3) is 3.39. The lowest BCUT2D eigenvalue weighted by Crippen LogP contribution is -2.07. The van der Waals surface area contributed by atoms with Crippen molar-refractivity contribution in [1.29, 1.82) is 0 Å². The Hall–Kier alpha value is -2.26. The Kier molecular flexibility index (Phi) is 4.43. The number of Topliss-reactive ketones (excluding diaryl/α,β-unsaturated/α-hetero) is 2. The van der Waals surface area contributed by atoms with Crippen molar-refractivity contribution < 1.29 is 14.7 Å². The van der Waals surface area contributed by atoms with E-state index in [9.17, 15) is 14.7 Å². The zero-order valence-corrected chi connectivity index (χ0v) is 11.2. The lowest BCUT2D eigenvalue weighted by Gasteiger charge is -2.10. The van der Waals surface area contributed by atoms with Gasteiger partial charge in [0.05, 0.1) is 6.10 Å². The molecule has 3 nitrogen and oxygen atoms in total. The monoisotopic (exact) mass is 268 g/mol. The second-order valence-corrected chi connectivity index (χ2v) is 4.69. The van der Waals surface area contributed by atoms with Gasteiger partial charge in [0.15, 0.2) is 11.6 Å². The van der Waals surface area contributed by atoms with Crippen molar-refractivity contribution in [3.63, 3.8) is 0 Å². The maximum absolute atomic E-state index is 12.1. The summed E-state index contributed by atoms with van der Waals surface area (Å²) < 4.78 is 0. The van der Waals surface area contributed by atoms with Crippen molar-refractivity contribution in [2.45, 2.75) is 19.4 Å². The molecule has 0 fully saturated rings. The highest BCUT2D eigenvalue weighted by Crippen LogP contribution is 2.19. The van der Waals surface area contributed by atoms with Gasteiger partial charge in [-0.3, -0.25) is 9.59 Å². The average molecular weight is 268 g/mol. The van der Waals surface area contributed by atoms with Gasteiger partial charge in [0.25, 0.3) is 0 Å². The van der Waals surface area contributed by atoms with E-state index in [4.69, 9.17) is 0 Å². The quantitative estimate of drug-likeness (QED) is 0.847. The first kappa shape index (κ1) is 14.2. The minimum Gasteiger partial charge on any atom is -0.388 e. The zero-order chi connectivity index (χ0) is 14.5. The molecule has 0 unspecified atom stereocenters. The molecule has 2 aromatic carbocycles. The predicted octanol–water partition coefficient (Wildman–Crippen LogP) is 3.20. The van der Waals surface area contributed by atoms with Crippen LogP contribution in [0.4, 0.5) is 0 Å². The van der Waals surface area contributed by atoms with Crippen LogP contribution in [0.2, 0.25) is 0 Å². The number of aliphatic hydroxyl groups is 1. The number of ketones is 2. The van der Waals surface area contributed by atoms with Gasteiger partial charge in [0.1, 0.15) is 0 Å². The lowest BCUT2D eigenvalue weighted by molar-refractivity contribution is 0.0879. The molecule has 20 heavy (non-hydrogen) atoms. The zero-order valence-electron chi connectivity index (χ0n) is 11.2. The normalized spacial score (nSPS) is 11.9. The fraction of sp³-hybridized carbons (Fsp3) is 0.176. The largest absolute Gasteiger partial charge is 0.388 e. The molecule has 0 spiro atoms. The number of carbonyl (C=O) groups excluding carboxylic acids is 2. The van der Waals surface area contributed by atoms with E-state index in [2.05, 4.69) is 0 Å². The number of aliphatic hydroxyl groups excluding tert-OH is 1. The molecule has 0 aliphatic carbocycles. The van der Waals surface area contributed by atoms with Gasteiger partial charge in [-0.05, 0) is 12.5 Å². The van der Waals surface area contributed by atoms with E-state index in [1.807, 2.05) is 18.2 Å². The van der Waals surface area contributed by atoms with E-state index in [1.54, 1.807) is 36.4 Å². The molecule has 0 aliphatic heterocycles. The van der Waals surface area contributed by atoms with Crippen molar-refractivity contribution in [1.82, 2.24) is 0 Å². The standard InChI is InChI=1S/C17H16O3/c1-12(18)13-7-9-15(10-8-13)17(20)11-16(19)14-5-3-2-4-6-14/h2-10,16,19H,11H2,1H3/t16-/m1/s1. The van der Waals surface area contributed by atoms with E-state index in [1.165, 1.54) is 6.92 Å². The summed E-state index contributed by atoms with van der Waals surface area (Å²) in [6, 6.07) is 15.6. The second kappa shape index (κ2) is 6.26. The average Bonchev–Trinajstić information content (AvgIpc) is 2.48. The van der Waals surface area contributed by atoms with Gasteiger partial charge in [-0.15, -0.1) is 0 Å². The molecule has 2 aromatic rings. The predicted molar refractivity (Wildman–Crippen MR) is 76.8 cm³/mol. The molecule has 1 atom stereocenters. The van der Waals surface area contributed by atoms with Gasteiger partial charge in [0.2, 0.25) is 0 Å². The third-order valence-corrected chi connectivity index (χ3v) is 3.18. The molecule has 0 bridgehead atoms. The van der Waals surface area contributed by atoms with Crippen LogP contribution in [-0.2, 0) is 0 Å². The number of hydrogen-bond acceptors (Lipinski definition) is 3. The van der Waals surface area contributed by atoms with Crippen molar-refractivity contribution in [3.05, 3.63) is 71.3 Å². The van der Waals surface area contributed by atoms with Crippen LogP contribution in [0.5, 0.6) is 0 Å². The summed E-state index contributed by atoms with van der Waals surface area (Å²) >= 11 is 0. The first-order chi connectivity index (χ1) is 9.58. The number of hydrogen-bond donors (Lipinski definition) is 1. The Morgan fingerprint density at radius 3 is 2.05 bits per heavy atom. The molecule has 2 rings (SSSR count). The summed E-state index contributed by atoms with van der Waals surface area (Å²) in [6.45, 7) is 1.48. The van der Waals surface area contributed by atoms with Crippen LogP contribution in [0.3, 0.4) is 0 Å². The molecule has 102 valence electrons. The lowest BCUT2D eigenvalue weighted by atomic mass is 9.99.